The first-order valence-corrected chi connectivity index (χ1v) is 17.8. The molecule has 10 nitrogen and oxygen atoms in total. The molecule has 242 valence electrons. The van der Waals surface area contributed by atoms with E-state index in [4.69, 9.17) is 5.73 Å². The van der Waals surface area contributed by atoms with Crippen molar-refractivity contribution >= 4 is 61.2 Å². The molecule has 3 aliphatic heterocycles. The van der Waals surface area contributed by atoms with Gasteiger partial charge in [0.15, 0.2) is 0 Å². The Kier molecular flexibility index (Phi) is 10.2. The van der Waals surface area contributed by atoms with Gasteiger partial charge >= 0.3 is 12.1 Å². The largest absolute Gasteiger partial charge is 0.397 e. The average Bonchev–Trinajstić information content (AvgIpc) is 3.06. The van der Waals surface area contributed by atoms with Crippen LogP contribution < -0.4 is 16.4 Å². The summed E-state index contributed by atoms with van der Waals surface area (Å²) in [6.45, 7) is 4.68. The minimum absolute atomic E-state index is 0.0461. The van der Waals surface area contributed by atoms with Crippen molar-refractivity contribution in [2.75, 3.05) is 50.3 Å². The molecule has 5 amide bonds. The maximum atomic E-state index is 14.0. The highest BCUT2D eigenvalue weighted by Gasteiger charge is 2.35. The van der Waals surface area contributed by atoms with Crippen LogP contribution in [0.2, 0.25) is 0 Å². The van der Waals surface area contributed by atoms with Crippen LogP contribution in [0.4, 0.5) is 21.0 Å². The maximum absolute atomic E-state index is 14.0. The molecule has 0 bridgehead atoms. The van der Waals surface area contributed by atoms with Crippen LogP contribution in [0.3, 0.4) is 0 Å². The van der Waals surface area contributed by atoms with Gasteiger partial charge in [0.1, 0.15) is 6.04 Å². The smallest absolute Gasteiger partial charge is 0.322 e. The van der Waals surface area contributed by atoms with E-state index in [-0.39, 0.29) is 24.0 Å². The number of amides is 5. The third-order valence-corrected chi connectivity index (χ3v) is 11.3. The second-order valence-corrected chi connectivity index (χ2v) is 14.5. The summed E-state index contributed by atoms with van der Waals surface area (Å²) < 4.78 is 1.49. The van der Waals surface area contributed by atoms with E-state index in [2.05, 4.69) is 47.4 Å². The molecular formula is C33H43Br2N7O3. The van der Waals surface area contributed by atoms with Gasteiger partial charge in [0, 0.05) is 79.0 Å². The zero-order chi connectivity index (χ0) is 31.5. The standard InChI is InChI=1S/C33H43Br2N7O3/c34-26-18-22(19-27(35)30(26)36)20-29(31(43)40-16-14-39(15-17-40)24-7-2-1-3-8-24)38-32(44)41-12-10-25(11-13-41)42-21-23-6-4-5-9-28(23)37-33(42)45/h4-6,9,18-19,24-25,29H,1-3,7-8,10-17,20-21,36H2,(H,37,45)(H,38,44)/t29-/m1/s1. The fourth-order valence-corrected chi connectivity index (χ4v) is 8.58. The Morgan fingerprint density at radius 2 is 1.56 bits per heavy atom. The lowest BCUT2D eigenvalue weighted by atomic mass is 9.93. The first-order chi connectivity index (χ1) is 21.8. The Labute approximate surface area is 282 Å². The van der Waals surface area contributed by atoms with Crippen molar-refractivity contribution in [1.29, 1.82) is 0 Å². The Morgan fingerprint density at radius 3 is 2.24 bits per heavy atom. The number of hydrogen-bond donors (Lipinski definition) is 3. The SMILES string of the molecule is Nc1c(Br)cc(C[C@@H](NC(=O)N2CCC(N3Cc4ccccc4NC3=O)CC2)C(=O)N2CCN(C3CCCCC3)CC2)cc1Br. The fraction of sp³-hybridized carbons (Fsp3) is 0.545. The average molecular weight is 746 g/mol. The molecule has 4 aliphatic rings. The number of nitrogens with two attached hydrogens (primary N) is 1. The van der Waals surface area contributed by atoms with Gasteiger partial charge in [0.25, 0.3) is 0 Å². The highest BCUT2D eigenvalue weighted by Crippen LogP contribution is 2.31. The Hall–Kier alpha value is -2.83. The number of fused-ring (bicyclic) bond motifs is 1. The van der Waals surface area contributed by atoms with Crippen LogP contribution in [0.25, 0.3) is 0 Å². The number of carbonyl (C=O) groups excluding carboxylic acids is 3. The summed E-state index contributed by atoms with van der Waals surface area (Å²) in [6.07, 6.45) is 8.13. The summed E-state index contributed by atoms with van der Waals surface area (Å²) in [5.41, 5.74) is 9.59. The number of nitrogens with zero attached hydrogens (tertiary/aromatic N) is 4. The van der Waals surface area contributed by atoms with Gasteiger partial charge < -0.3 is 31.1 Å². The summed E-state index contributed by atoms with van der Waals surface area (Å²) in [5, 5.41) is 6.11. The molecule has 0 unspecified atom stereocenters. The third kappa shape index (κ3) is 7.44. The van der Waals surface area contributed by atoms with Gasteiger partial charge in [-0.2, -0.15) is 0 Å². The van der Waals surface area contributed by atoms with Crippen LogP contribution in [0.1, 0.15) is 56.1 Å². The molecule has 0 spiro atoms. The summed E-state index contributed by atoms with van der Waals surface area (Å²) in [4.78, 5) is 48.7. The van der Waals surface area contributed by atoms with Crippen molar-refractivity contribution < 1.29 is 14.4 Å². The molecule has 6 rings (SSSR count). The van der Waals surface area contributed by atoms with Crippen LogP contribution in [0.5, 0.6) is 0 Å². The zero-order valence-corrected chi connectivity index (χ0v) is 28.8. The second-order valence-electron chi connectivity index (χ2n) is 12.8. The molecule has 3 heterocycles. The van der Waals surface area contributed by atoms with E-state index in [0.717, 1.165) is 38.8 Å². The Morgan fingerprint density at radius 1 is 0.889 bits per heavy atom. The summed E-state index contributed by atoms with van der Waals surface area (Å²) in [7, 11) is 0. The van der Waals surface area contributed by atoms with Crippen LogP contribution in [-0.4, -0.2) is 95.0 Å². The molecule has 2 aromatic carbocycles. The van der Waals surface area contributed by atoms with Crippen molar-refractivity contribution in [3.8, 4) is 0 Å². The minimum Gasteiger partial charge on any atom is -0.397 e. The summed E-state index contributed by atoms with van der Waals surface area (Å²) in [5.74, 6) is -0.0470. The van der Waals surface area contributed by atoms with Gasteiger partial charge in [-0.15, -0.1) is 0 Å². The zero-order valence-electron chi connectivity index (χ0n) is 25.6. The number of anilines is 2. The molecule has 2 aromatic rings. The molecule has 45 heavy (non-hydrogen) atoms. The number of para-hydroxylation sites is 1. The lowest BCUT2D eigenvalue weighted by molar-refractivity contribution is -0.135. The first-order valence-electron chi connectivity index (χ1n) is 16.2. The van der Waals surface area contributed by atoms with Crippen LogP contribution in [-0.2, 0) is 17.8 Å². The number of piperidine rings is 1. The number of nitrogens with one attached hydrogen (secondary N) is 2. The molecule has 0 aromatic heterocycles. The predicted octanol–water partition coefficient (Wildman–Crippen LogP) is 5.40. The first kappa shape index (κ1) is 32.1. The lowest BCUT2D eigenvalue weighted by Gasteiger charge is -2.42. The molecule has 1 saturated carbocycles. The summed E-state index contributed by atoms with van der Waals surface area (Å²) >= 11 is 7.05. The molecule has 0 radical (unpaired) electrons. The van der Waals surface area contributed by atoms with Crippen LogP contribution in [0, 0.1) is 0 Å². The predicted molar refractivity (Wildman–Crippen MR) is 183 cm³/mol. The lowest BCUT2D eigenvalue weighted by Crippen LogP contribution is -2.59. The number of urea groups is 2. The van der Waals surface area contributed by atoms with E-state index in [1.165, 1.54) is 32.1 Å². The van der Waals surface area contributed by atoms with Gasteiger partial charge in [0.2, 0.25) is 5.91 Å². The molecule has 2 saturated heterocycles. The van der Waals surface area contributed by atoms with Crippen LogP contribution >= 0.6 is 31.9 Å². The highest BCUT2D eigenvalue weighted by molar-refractivity contribution is 9.11. The van der Waals surface area contributed by atoms with Gasteiger partial charge in [-0.25, -0.2) is 9.59 Å². The van der Waals surface area contributed by atoms with Crippen molar-refractivity contribution in [3.63, 3.8) is 0 Å². The fourth-order valence-electron chi connectivity index (χ4n) is 7.30. The van der Waals surface area contributed by atoms with E-state index < -0.39 is 6.04 Å². The number of hydrogen-bond acceptors (Lipinski definition) is 5. The highest BCUT2D eigenvalue weighted by atomic mass is 79.9. The van der Waals surface area contributed by atoms with Gasteiger partial charge in [-0.1, -0.05) is 37.5 Å². The maximum Gasteiger partial charge on any atom is 0.322 e. The quantitative estimate of drug-likeness (QED) is 0.343. The Bertz CT molecular complexity index is 1380. The van der Waals surface area contributed by atoms with E-state index in [9.17, 15) is 14.4 Å². The van der Waals surface area contributed by atoms with Gasteiger partial charge in [-0.05, 0) is 86.9 Å². The topological polar surface area (TPSA) is 114 Å². The van der Waals surface area contributed by atoms with E-state index >= 15 is 0 Å². The van der Waals surface area contributed by atoms with Gasteiger partial charge in [-0.3, -0.25) is 9.69 Å². The monoisotopic (exact) mass is 743 g/mol. The number of likely N-dealkylation sites (tertiary alicyclic amines) is 1. The number of rotatable bonds is 6. The van der Waals surface area contributed by atoms with E-state index in [1.807, 2.05) is 46.2 Å². The van der Waals surface area contributed by atoms with Crippen molar-refractivity contribution in [2.45, 2.75) is 76.0 Å². The molecule has 3 fully saturated rings. The second kappa shape index (κ2) is 14.3. The van der Waals surface area contributed by atoms with Crippen molar-refractivity contribution in [3.05, 3.63) is 56.5 Å². The van der Waals surface area contributed by atoms with Gasteiger partial charge in [0.05, 0.1) is 5.69 Å². The number of piperazine rings is 1. The summed E-state index contributed by atoms with van der Waals surface area (Å²) in [6, 6.07) is 11.3. The molecular weight excluding hydrogens is 702 g/mol. The van der Waals surface area contributed by atoms with E-state index in [0.29, 0.717) is 63.7 Å². The van der Waals surface area contributed by atoms with Crippen molar-refractivity contribution in [2.24, 2.45) is 0 Å². The molecule has 1 atom stereocenters. The van der Waals surface area contributed by atoms with Crippen LogP contribution in [0.15, 0.2) is 45.3 Å². The third-order valence-electron chi connectivity index (χ3n) is 9.94. The Balaban J connectivity index is 1.09. The van der Waals surface area contributed by atoms with Crippen molar-refractivity contribution in [1.82, 2.24) is 24.9 Å². The number of carbonyl (C=O) groups is 3. The molecule has 1 aliphatic carbocycles. The molecule has 4 N–H and O–H groups in total. The van der Waals surface area contributed by atoms with E-state index in [1.54, 1.807) is 4.90 Å². The number of nitrogen functional groups attached to an aromatic ring is 1. The minimum atomic E-state index is -0.705. The number of benzene rings is 2. The normalized spacial score (nSPS) is 20.8. The molecule has 12 heteroatoms. The number of halogens is 2.